The fourth-order valence-electron chi connectivity index (χ4n) is 3.31. The third-order valence-corrected chi connectivity index (χ3v) is 5.67. The van der Waals surface area contributed by atoms with Crippen LogP contribution in [0.15, 0.2) is 0 Å². The van der Waals surface area contributed by atoms with Gasteiger partial charge in [-0.25, -0.2) is 9.59 Å². The van der Waals surface area contributed by atoms with E-state index in [4.69, 9.17) is 14.2 Å². The summed E-state index contributed by atoms with van der Waals surface area (Å²) in [6.07, 6.45) is 0.639. The normalized spacial score (nSPS) is 22.2. The van der Waals surface area contributed by atoms with Gasteiger partial charge < -0.3 is 24.4 Å². The molecule has 2 rings (SSSR count). The molecule has 2 heterocycles. The van der Waals surface area contributed by atoms with Crippen molar-refractivity contribution in [2.45, 2.75) is 39.4 Å². The topological polar surface area (TPSA) is 95.4 Å². The maximum absolute atomic E-state index is 12.4. The van der Waals surface area contributed by atoms with E-state index in [0.29, 0.717) is 23.5 Å². The summed E-state index contributed by atoms with van der Waals surface area (Å²) in [6.45, 7) is 8.07. The number of hydrogen-bond acceptors (Lipinski definition) is 7. The van der Waals surface area contributed by atoms with Gasteiger partial charge in [0.1, 0.15) is 35.2 Å². The van der Waals surface area contributed by atoms with Crippen LogP contribution in [-0.4, -0.2) is 63.9 Å². The maximum Gasteiger partial charge on any atom is 0.348 e. The fourth-order valence-corrected chi connectivity index (χ4v) is 4.44. The van der Waals surface area contributed by atoms with Crippen molar-refractivity contribution >= 4 is 34.2 Å². The summed E-state index contributed by atoms with van der Waals surface area (Å²) in [6, 6.07) is 0. The number of nitrogens with one attached hydrogen (secondary N) is 2. The van der Waals surface area contributed by atoms with E-state index in [-0.39, 0.29) is 28.6 Å². The van der Waals surface area contributed by atoms with Crippen molar-refractivity contribution in [3.05, 3.63) is 16.0 Å². The Morgan fingerprint density at radius 2 is 1.74 bits per heavy atom. The van der Waals surface area contributed by atoms with Crippen LogP contribution in [0.3, 0.4) is 0 Å². The summed E-state index contributed by atoms with van der Waals surface area (Å²) < 4.78 is 15.2. The minimum Gasteiger partial charge on any atom is -0.465 e. The van der Waals surface area contributed by atoms with Gasteiger partial charge in [-0.1, -0.05) is 0 Å². The van der Waals surface area contributed by atoms with E-state index in [9.17, 15) is 14.4 Å². The lowest BCUT2D eigenvalue weighted by molar-refractivity contribution is -0.914. The Labute approximate surface area is 162 Å². The number of rotatable bonds is 6. The summed E-state index contributed by atoms with van der Waals surface area (Å²) in [5.74, 6) is -1.36. The van der Waals surface area contributed by atoms with Crippen LogP contribution in [0.25, 0.3) is 0 Å². The van der Waals surface area contributed by atoms with Crippen molar-refractivity contribution in [3.63, 3.8) is 0 Å². The summed E-state index contributed by atoms with van der Waals surface area (Å²) in [4.78, 5) is 38.0. The second-order valence-electron chi connectivity index (χ2n) is 6.71. The molecule has 150 valence electrons. The Bertz CT molecular complexity index is 707. The number of methoxy groups -OCH3 is 2. The van der Waals surface area contributed by atoms with E-state index in [1.807, 2.05) is 13.8 Å². The number of hydrogen-bond donors (Lipinski definition) is 2. The minimum atomic E-state index is -0.601. The number of thiophene rings is 1. The number of quaternary nitrogens is 1. The average molecular weight is 399 g/mol. The molecular weight excluding hydrogens is 372 g/mol. The Balaban J connectivity index is 2.08. The van der Waals surface area contributed by atoms with Gasteiger partial charge in [-0.05, 0) is 26.3 Å². The molecule has 27 heavy (non-hydrogen) atoms. The van der Waals surface area contributed by atoms with Crippen LogP contribution in [0.1, 0.15) is 45.9 Å². The smallest absolute Gasteiger partial charge is 0.348 e. The number of carbonyl (C=O) groups is 3. The number of amides is 1. The SMILES string of the molecule is COC(=O)c1sc(NC(=O)CC[NH+]2C[C@@H](C)O[C@H](C)C2)c(C(=O)OC)c1C. The van der Waals surface area contributed by atoms with Crippen molar-refractivity contribution in [2.75, 3.05) is 39.2 Å². The maximum atomic E-state index is 12.4. The standard InChI is InChI=1S/C18H26N2O6S/c1-10-8-20(9-11(2)26-10)7-6-13(21)19-16-14(17(22)24-4)12(3)15(27-16)18(23)25-5/h10-11H,6-9H2,1-5H3,(H,19,21)/p+1/t10-,11-/m1/s1. The Morgan fingerprint density at radius 3 is 2.30 bits per heavy atom. The summed E-state index contributed by atoms with van der Waals surface area (Å²) in [5.41, 5.74) is 0.632. The summed E-state index contributed by atoms with van der Waals surface area (Å²) in [5, 5.41) is 3.06. The zero-order valence-corrected chi connectivity index (χ0v) is 17.2. The monoisotopic (exact) mass is 399 g/mol. The van der Waals surface area contributed by atoms with E-state index in [2.05, 4.69) is 5.32 Å². The first-order valence-corrected chi connectivity index (χ1v) is 9.67. The molecule has 0 radical (unpaired) electrons. The molecule has 0 bridgehead atoms. The average Bonchev–Trinajstić information content (AvgIpc) is 2.94. The van der Waals surface area contributed by atoms with Gasteiger partial charge in [-0.2, -0.15) is 0 Å². The van der Waals surface area contributed by atoms with Crippen molar-refractivity contribution in [1.29, 1.82) is 0 Å². The second-order valence-corrected chi connectivity index (χ2v) is 7.73. The van der Waals surface area contributed by atoms with Gasteiger partial charge in [0.15, 0.2) is 0 Å². The molecule has 0 aromatic carbocycles. The first-order valence-electron chi connectivity index (χ1n) is 8.85. The summed E-state index contributed by atoms with van der Waals surface area (Å²) >= 11 is 1.02. The minimum absolute atomic E-state index is 0.167. The molecule has 8 nitrogen and oxygen atoms in total. The molecule has 0 saturated carbocycles. The molecule has 9 heteroatoms. The highest BCUT2D eigenvalue weighted by Gasteiger charge is 2.28. The van der Waals surface area contributed by atoms with Crippen LogP contribution in [0.2, 0.25) is 0 Å². The highest BCUT2D eigenvalue weighted by Crippen LogP contribution is 2.34. The van der Waals surface area contributed by atoms with Crippen LogP contribution in [0, 0.1) is 6.92 Å². The van der Waals surface area contributed by atoms with Gasteiger partial charge in [-0.3, -0.25) is 4.79 Å². The predicted octanol–water partition coefficient (Wildman–Crippen LogP) is 0.650. The van der Waals surface area contributed by atoms with Gasteiger partial charge in [0.05, 0.1) is 32.7 Å². The molecule has 1 aliphatic rings. The summed E-state index contributed by atoms with van der Waals surface area (Å²) in [7, 11) is 2.53. The highest BCUT2D eigenvalue weighted by atomic mass is 32.1. The Morgan fingerprint density at radius 1 is 1.15 bits per heavy atom. The number of carbonyl (C=O) groups excluding carboxylic acids is 3. The van der Waals surface area contributed by atoms with Crippen LogP contribution < -0.4 is 10.2 Å². The zero-order chi connectivity index (χ0) is 20.1. The van der Waals surface area contributed by atoms with E-state index < -0.39 is 11.9 Å². The first-order chi connectivity index (χ1) is 12.8. The molecule has 0 unspecified atom stereocenters. The van der Waals surface area contributed by atoms with Crippen molar-refractivity contribution in [3.8, 4) is 0 Å². The van der Waals surface area contributed by atoms with E-state index in [1.54, 1.807) is 6.92 Å². The van der Waals surface area contributed by atoms with Gasteiger partial charge >= 0.3 is 11.9 Å². The highest BCUT2D eigenvalue weighted by molar-refractivity contribution is 7.18. The molecule has 1 amide bonds. The predicted molar refractivity (Wildman–Crippen MR) is 101 cm³/mol. The quantitative estimate of drug-likeness (QED) is 0.682. The number of morpholine rings is 1. The molecule has 1 aromatic rings. The lowest BCUT2D eigenvalue weighted by Gasteiger charge is -2.32. The zero-order valence-electron chi connectivity index (χ0n) is 16.3. The Hall–Kier alpha value is -1.97. The third kappa shape index (κ3) is 5.27. The molecule has 1 fully saturated rings. The van der Waals surface area contributed by atoms with Gasteiger partial charge in [0, 0.05) is 0 Å². The molecule has 2 N–H and O–H groups in total. The van der Waals surface area contributed by atoms with E-state index >= 15 is 0 Å². The van der Waals surface area contributed by atoms with Crippen LogP contribution in [0.5, 0.6) is 0 Å². The third-order valence-electron chi connectivity index (χ3n) is 4.48. The van der Waals surface area contributed by atoms with Gasteiger partial charge in [0.25, 0.3) is 0 Å². The molecule has 1 saturated heterocycles. The van der Waals surface area contributed by atoms with E-state index in [0.717, 1.165) is 24.4 Å². The molecule has 1 aliphatic heterocycles. The van der Waals surface area contributed by atoms with Crippen LogP contribution in [0.4, 0.5) is 5.00 Å². The number of ether oxygens (including phenoxy) is 3. The largest absolute Gasteiger partial charge is 0.465 e. The number of esters is 2. The molecule has 2 atom stereocenters. The van der Waals surface area contributed by atoms with Crippen molar-refractivity contribution in [2.24, 2.45) is 0 Å². The van der Waals surface area contributed by atoms with E-state index in [1.165, 1.54) is 19.1 Å². The first kappa shape index (κ1) is 21.3. The van der Waals surface area contributed by atoms with Gasteiger partial charge in [-0.15, -0.1) is 11.3 Å². The molecule has 1 aromatic heterocycles. The lowest BCUT2D eigenvalue weighted by Crippen LogP contribution is -3.15. The van der Waals surface area contributed by atoms with Gasteiger partial charge in [0.2, 0.25) is 5.91 Å². The van der Waals surface area contributed by atoms with Crippen LogP contribution in [-0.2, 0) is 19.0 Å². The second kappa shape index (κ2) is 9.29. The lowest BCUT2D eigenvalue weighted by atomic mass is 10.1. The molecule has 0 aliphatic carbocycles. The molecule has 0 spiro atoms. The van der Waals surface area contributed by atoms with Crippen molar-refractivity contribution < 1.29 is 33.5 Å². The van der Waals surface area contributed by atoms with Crippen LogP contribution >= 0.6 is 11.3 Å². The number of anilines is 1. The van der Waals surface area contributed by atoms with Crippen molar-refractivity contribution in [1.82, 2.24) is 0 Å². The fraction of sp³-hybridized carbons (Fsp3) is 0.611. The Kier molecular flexibility index (Phi) is 7.34. The molecular formula is C18H27N2O6S+.